The van der Waals surface area contributed by atoms with Crippen molar-refractivity contribution < 1.29 is 38.4 Å². The number of aromatic nitrogens is 1. The van der Waals surface area contributed by atoms with Crippen molar-refractivity contribution >= 4 is 17.8 Å². The Hall–Kier alpha value is -2.49. The van der Waals surface area contributed by atoms with Crippen molar-refractivity contribution in [2.24, 2.45) is 17.3 Å². The van der Waals surface area contributed by atoms with E-state index >= 15 is 0 Å². The third-order valence-electron chi connectivity index (χ3n) is 8.99. The van der Waals surface area contributed by atoms with Gasteiger partial charge in [0.1, 0.15) is 35.9 Å². The second-order valence-electron chi connectivity index (χ2n) is 11.8. The minimum Gasteiger partial charge on any atom is -0.463 e. The number of nitrogens with zero attached hydrogens (tertiary/aromatic N) is 1. The number of carbonyl (C=O) groups excluding carboxylic acids is 2. The highest BCUT2D eigenvalue weighted by atomic mass is 16.6. The minimum absolute atomic E-state index is 0.0756. The van der Waals surface area contributed by atoms with Crippen LogP contribution in [0.15, 0.2) is 28.8 Å². The number of epoxide rings is 1. The Labute approximate surface area is 223 Å². The number of hydrogen-bond acceptors (Lipinski definition) is 9. The number of allylic oxidation sites excluding steroid dienone is 1. The molecule has 5 rings (SSSR count). The summed E-state index contributed by atoms with van der Waals surface area (Å²) in [6.07, 6.45) is 8.57. The van der Waals surface area contributed by atoms with Crippen LogP contribution in [0.4, 0.5) is 0 Å². The molecule has 0 radical (unpaired) electrons. The lowest BCUT2D eigenvalue weighted by Gasteiger charge is -2.46. The summed E-state index contributed by atoms with van der Waals surface area (Å²) in [5.41, 5.74) is -0.765. The lowest BCUT2D eigenvalue weighted by molar-refractivity contribution is -0.162. The number of carbonyl (C=O) groups is 2. The molecular weight excluding hydrogens is 490 g/mol. The molecule has 9 heteroatoms. The van der Waals surface area contributed by atoms with Crippen molar-refractivity contribution in [2.45, 2.75) is 109 Å². The molecule has 1 spiro atoms. The molecule has 1 aliphatic carbocycles. The van der Waals surface area contributed by atoms with Gasteiger partial charge in [-0.25, -0.2) is 4.98 Å². The highest BCUT2D eigenvalue weighted by Gasteiger charge is 2.55. The monoisotopic (exact) mass is 529 g/mol. The summed E-state index contributed by atoms with van der Waals surface area (Å²) >= 11 is 0. The van der Waals surface area contributed by atoms with Crippen LogP contribution in [-0.2, 0) is 23.8 Å². The van der Waals surface area contributed by atoms with Gasteiger partial charge in [-0.1, -0.05) is 19.8 Å². The SMILES string of the molecule is Cc1nc(/C=C/C2CC3OC3(C)CCCC(C)C(O)C(CC3=CO3)C(=O)C3(CCC3)C(O)CC(=O)O2)co1. The van der Waals surface area contributed by atoms with Gasteiger partial charge in [0.05, 0.1) is 41.7 Å². The Balaban J connectivity index is 1.38. The summed E-state index contributed by atoms with van der Waals surface area (Å²) in [7, 11) is 0. The van der Waals surface area contributed by atoms with Crippen molar-refractivity contribution in [3.8, 4) is 0 Å². The van der Waals surface area contributed by atoms with Gasteiger partial charge in [0.25, 0.3) is 0 Å². The van der Waals surface area contributed by atoms with E-state index < -0.39 is 35.6 Å². The molecule has 0 bridgehead atoms. The number of ketones is 1. The van der Waals surface area contributed by atoms with Gasteiger partial charge in [0.15, 0.2) is 5.89 Å². The summed E-state index contributed by atoms with van der Waals surface area (Å²) in [6.45, 7) is 5.78. The minimum atomic E-state index is -1.19. The Bertz CT molecular complexity index is 1100. The number of aliphatic hydroxyl groups excluding tert-OH is 2. The second-order valence-corrected chi connectivity index (χ2v) is 11.8. The molecule has 3 fully saturated rings. The van der Waals surface area contributed by atoms with Gasteiger partial charge in [0.2, 0.25) is 0 Å². The van der Waals surface area contributed by atoms with E-state index in [1.165, 1.54) is 6.26 Å². The van der Waals surface area contributed by atoms with E-state index in [0.29, 0.717) is 43.0 Å². The molecule has 4 heterocycles. The number of esters is 1. The van der Waals surface area contributed by atoms with Gasteiger partial charge in [-0.3, -0.25) is 9.59 Å². The number of cyclic esters (lactones) is 1. The normalized spacial score (nSPS) is 37.7. The Morgan fingerprint density at radius 3 is 2.58 bits per heavy atom. The van der Waals surface area contributed by atoms with Gasteiger partial charge in [-0.2, -0.15) is 0 Å². The average Bonchev–Trinajstić information content (AvgIpc) is 3.72. The first-order valence-electron chi connectivity index (χ1n) is 13.8. The van der Waals surface area contributed by atoms with E-state index in [-0.39, 0.29) is 29.8 Å². The zero-order valence-corrected chi connectivity index (χ0v) is 22.4. The molecule has 7 unspecified atom stereocenters. The smallest absolute Gasteiger partial charge is 0.309 e. The van der Waals surface area contributed by atoms with Crippen molar-refractivity contribution in [1.29, 1.82) is 0 Å². The van der Waals surface area contributed by atoms with Crippen molar-refractivity contribution in [3.63, 3.8) is 0 Å². The molecule has 9 nitrogen and oxygen atoms in total. The summed E-state index contributed by atoms with van der Waals surface area (Å²) in [5.74, 6) is -0.333. The fourth-order valence-corrected chi connectivity index (χ4v) is 6.15. The fourth-order valence-electron chi connectivity index (χ4n) is 6.15. The van der Waals surface area contributed by atoms with Crippen LogP contribution < -0.4 is 0 Å². The molecule has 1 saturated carbocycles. The quantitative estimate of drug-likeness (QED) is 0.438. The number of aryl methyl sites for hydroxylation is 1. The third kappa shape index (κ3) is 5.75. The first-order valence-corrected chi connectivity index (χ1v) is 13.8. The van der Waals surface area contributed by atoms with Gasteiger partial charge in [0, 0.05) is 19.8 Å². The van der Waals surface area contributed by atoms with E-state index in [2.05, 4.69) is 11.9 Å². The van der Waals surface area contributed by atoms with Crippen LogP contribution in [0.3, 0.4) is 0 Å². The number of Topliss-reactive ketones (excluding diaryl/α,β-unsaturated/α-hetero) is 1. The predicted octanol–water partition coefficient (Wildman–Crippen LogP) is 4.00. The van der Waals surface area contributed by atoms with E-state index in [1.54, 1.807) is 25.3 Å². The van der Waals surface area contributed by atoms with Crippen LogP contribution in [0.25, 0.3) is 6.08 Å². The molecule has 38 heavy (non-hydrogen) atoms. The first-order chi connectivity index (χ1) is 18.1. The molecule has 0 aromatic carbocycles. The summed E-state index contributed by atoms with van der Waals surface area (Å²) in [5, 5.41) is 22.5. The molecule has 1 aromatic rings. The molecular formula is C29H39NO8. The van der Waals surface area contributed by atoms with Crippen LogP contribution in [0.5, 0.6) is 0 Å². The standard InChI is InChI=1S/C29H39NO8/c1-17-6-4-9-28(3)24(38-28)13-20(8-7-19-15-35-18(2)30-19)37-25(32)14-23(31)29(10-5-11-29)27(34)22(26(17)33)12-21-16-36-21/h7-8,15-17,20,22-24,26,31,33H,4-6,9-14H2,1-3H3/b8-7+. The van der Waals surface area contributed by atoms with E-state index in [9.17, 15) is 19.8 Å². The van der Waals surface area contributed by atoms with Crippen LogP contribution >= 0.6 is 0 Å². The van der Waals surface area contributed by atoms with Gasteiger partial charge < -0.3 is 28.8 Å². The first kappa shape index (κ1) is 27.1. The number of oxazole rings is 1. The molecule has 2 N–H and O–H groups in total. The highest BCUT2D eigenvalue weighted by Crippen LogP contribution is 2.50. The molecule has 3 aliphatic heterocycles. The maximum Gasteiger partial charge on any atom is 0.309 e. The van der Waals surface area contributed by atoms with Crippen LogP contribution in [-0.4, -0.2) is 57.0 Å². The maximum absolute atomic E-state index is 13.9. The lowest BCUT2D eigenvalue weighted by atomic mass is 9.58. The third-order valence-corrected chi connectivity index (χ3v) is 8.99. The molecule has 4 aliphatic rings. The number of rotatable bonds is 4. The van der Waals surface area contributed by atoms with Crippen LogP contribution in [0.1, 0.15) is 83.2 Å². The van der Waals surface area contributed by atoms with E-state index in [4.69, 9.17) is 18.6 Å². The van der Waals surface area contributed by atoms with Crippen molar-refractivity contribution in [3.05, 3.63) is 35.9 Å². The van der Waals surface area contributed by atoms with Gasteiger partial charge >= 0.3 is 5.97 Å². The van der Waals surface area contributed by atoms with Crippen molar-refractivity contribution in [2.75, 3.05) is 0 Å². The highest BCUT2D eigenvalue weighted by molar-refractivity contribution is 5.90. The number of aliphatic hydroxyl groups is 2. The summed E-state index contributed by atoms with van der Waals surface area (Å²) < 4.78 is 22.3. The largest absolute Gasteiger partial charge is 0.463 e. The average molecular weight is 530 g/mol. The van der Waals surface area contributed by atoms with Crippen LogP contribution in [0, 0.1) is 24.2 Å². The van der Waals surface area contributed by atoms with E-state index in [0.717, 1.165) is 25.7 Å². The Morgan fingerprint density at radius 2 is 1.95 bits per heavy atom. The van der Waals surface area contributed by atoms with Crippen LogP contribution in [0.2, 0.25) is 0 Å². The zero-order valence-electron chi connectivity index (χ0n) is 22.4. The number of ether oxygens (including phenoxy) is 3. The molecule has 2 saturated heterocycles. The zero-order chi connectivity index (χ0) is 27.1. The Morgan fingerprint density at radius 1 is 1.18 bits per heavy atom. The molecule has 208 valence electrons. The number of hydrogen-bond donors (Lipinski definition) is 2. The topological polar surface area (TPSA) is 135 Å². The predicted molar refractivity (Wildman–Crippen MR) is 136 cm³/mol. The second kappa shape index (κ2) is 10.6. The Kier molecular flexibility index (Phi) is 7.55. The van der Waals surface area contributed by atoms with Gasteiger partial charge in [-0.15, -0.1) is 0 Å². The summed E-state index contributed by atoms with van der Waals surface area (Å²) in [4.78, 5) is 31.2. The summed E-state index contributed by atoms with van der Waals surface area (Å²) in [6, 6.07) is 0. The fraction of sp³-hybridized carbons (Fsp3) is 0.690. The molecule has 0 amide bonds. The lowest BCUT2D eigenvalue weighted by Crippen LogP contribution is -2.53. The number of fused-ring (bicyclic) bond motifs is 1. The van der Waals surface area contributed by atoms with E-state index in [1.807, 2.05) is 6.92 Å². The van der Waals surface area contributed by atoms with Gasteiger partial charge in [-0.05, 0) is 50.7 Å². The van der Waals surface area contributed by atoms with Crippen molar-refractivity contribution in [1.82, 2.24) is 4.98 Å². The molecule has 7 atom stereocenters. The molecule has 1 aromatic heterocycles. The maximum atomic E-state index is 13.9.